The van der Waals surface area contributed by atoms with Crippen molar-refractivity contribution < 1.29 is 19.1 Å². The lowest BCUT2D eigenvalue weighted by atomic mass is 10.1. The van der Waals surface area contributed by atoms with E-state index in [2.05, 4.69) is 0 Å². The first-order chi connectivity index (χ1) is 14.0. The Bertz CT molecular complexity index is 838. The van der Waals surface area contributed by atoms with Crippen molar-refractivity contribution >= 4 is 11.8 Å². The quantitative estimate of drug-likeness (QED) is 0.753. The van der Waals surface area contributed by atoms with Crippen molar-refractivity contribution in [2.24, 2.45) is 0 Å². The summed E-state index contributed by atoms with van der Waals surface area (Å²) in [5.41, 5.74) is 2.18. The minimum absolute atomic E-state index is 0.00764. The van der Waals surface area contributed by atoms with Crippen LogP contribution in [0, 0.1) is 13.8 Å². The molecule has 1 fully saturated rings. The van der Waals surface area contributed by atoms with Crippen molar-refractivity contribution in [3.63, 3.8) is 0 Å². The molecule has 6 nitrogen and oxygen atoms in total. The summed E-state index contributed by atoms with van der Waals surface area (Å²) in [7, 11) is 0. The number of carbonyl (C=O) groups excluding carboxylic acids is 2. The molecular formula is C23H28N2O4. The zero-order valence-corrected chi connectivity index (χ0v) is 17.1. The van der Waals surface area contributed by atoms with Gasteiger partial charge in [0, 0.05) is 26.2 Å². The molecular weight excluding hydrogens is 368 g/mol. The molecule has 2 amide bonds. The van der Waals surface area contributed by atoms with Gasteiger partial charge in [-0.3, -0.25) is 9.59 Å². The summed E-state index contributed by atoms with van der Waals surface area (Å²) >= 11 is 0. The zero-order chi connectivity index (χ0) is 20.6. The Balaban J connectivity index is 1.46. The molecule has 0 radical (unpaired) electrons. The van der Waals surface area contributed by atoms with E-state index < -0.39 is 0 Å². The lowest BCUT2D eigenvalue weighted by Gasteiger charge is -2.22. The Hall–Kier alpha value is -3.02. The first-order valence-electron chi connectivity index (χ1n) is 9.97. The highest BCUT2D eigenvalue weighted by atomic mass is 16.5. The van der Waals surface area contributed by atoms with Crippen LogP contribution in [0.4, 0.5) is 0 Å². The molecule has 0 atom stereocenters. The Morgan fingerprint density at radius 2 is 1.41 bits per heavy atom. The summed E-state index contributed by atoms with van der Waals surface area (Å²) in [6.45, 7) is 6.28. The van der Waals surface area contributed by atoms with Gasteiger partial charge in [-0.05, 0) is 49.6 Å². The number of para-hydroxylation sites is 1. The molecule has 154 valence electrons. The third-order valence-electron chi connectivity index (χ3n) is 5.21. The molecule has 6 heteroatoms. The summed E-state index contributed by atoms with van der Waals surface area (Å²) < 4.78 is 11.3. The fourth-order valence-corrected chi connectivity index (χ4v) is 3.28. The molecule has 1 aliphatic rings. The number of benzene rings is 2. The second kappa shape index (κ2) is 9.96. The topological polar surface area (TPSA) is 59.1 Å². The van der Waals surface area contributed by atoms with Crippen molar-refractivity contribution in [2.75, 3.05) is 39.4 Å². The summed E-state index contributed by atoms with van der Waals surface area (Å²) in [5, 5.41) is 0. The Labute approximate surface area is 172 Å². The van der Waals surface area contributed by atoms with E-state index in [0.717, 1.165) is 23.3 Å². The minimum atomic E-state index is -0.0604. The van der Waals surface area contributed by atoms with E-state index in [1.54, 1.807) is 9.80 Å². The van der Waals surface area contributed by atoms with Crippen LogP contribution in [0.1, 0.15) is 17.5 Å². The summed E-state index contributed by atoms with van der Waals surface area (Å²) in [5.74, 6) is 1.30. The highest BCUT2D eigenvalue weighted by molar-refractivity contribution is 5.79. The number of hydrogen-bond acceptors (Lipinski definition) is 4. The molecule has 2 aromatic carbocycles. The monoisotopic (exact) mass is 396 g/mol. The van der Waals surface area contributed by atoms with Gasteiger partial charge in [-0.2, -0.15) is 0 Å². The highest BCUT2D eigenvalue weighted by Gasteiger charge is 2.22. The average molecular weight is 396 g/mol. The van der Waals surface area contributed by atoms with Crippen LogP contribution in [-0.2, 0) is 9.59 Å². The smallest absolute Gasteiger partial charge is 0.260 e. The largest absolute Gasteiger partial charge is 0.484 e. The van der Waals surface area contributed by atoms with Crippen molar-refractivity contribution in [1.29, 1.82) is 0 Å². The third-order valence-corrected chi connectivity index (χ3v) is 5.21. The third kappa shape index (κ3) is 5.73. The van der Waals surface area contributed by atoms with Gasteiger partial charge in [-0.25, -0.2) is 0 Å². The van der Waals surface area contributed by atoms with E-state index in [4.69, 9.17) is 9.47 Å². The first kappa shape index (κ1) is 20.7. The highest BCUT2D eigenvalue weighted by Crippen LogP contribution is 2.20. The van der Waals surface area contributed by atoms with Gasteiger partial charge in [0.05, 0.1) is 0 Å². The van der Waals surface area contributed by atoms with Crippen molar-refractivity contribution in [2.45, 2.75) is 20.3 Å². The fourth-order valence-electron chi connectivity index (χ4n) is 3.28. The van der Waals surface area contributed by atoms with Crippen LogP contribution in [0.2, 0.25) is 0 Å². The molecule has 0 unspecified atom stereocenters. The molecule has 0 aliphatic carbocycles. The van der Waals surface area contributed by atoms with Gasteiger partial charge in [0.1, 0.15) is 11.5 Å². The van der Waals surface area contributed by atoms with E-state index in [0.29, 0.717) is 31.9 Å². The Morgan fingerprint density at radius 3 is 2.07 bits per heavy atom. The minimum Gasteiger partial charge on any atom is -0.484 e. The van der Waals surface area contributed by atoms with Gasteiger partial charge >= 0.3 is 0 Å². The normalized spacial score (nSPS) is 14.3. The van der Waals surface area contributed by atoms with Gasteiger partial charge in [0.25, 0.3) is 11.8 Å². The predicted octanol–water partition coefficient (Wildman–Crippen LogP) is 2.82. The van der Waals surface area contributed by atoms with Crippen LogP contribution in [0.15, 0.2) is 48.5 Å². The van der Waals surface area contributed by atoms with E-state index in [-0.39, 0.29) is 25.0 Å². The Kier molecular flexibility index (Phi) is 7.11. The summed E-state index contributed by atoms with van der Waals surface area (Å²) in [4.78, 5) is 28.6. The van der Waals surface area contributed by atoms with E-state index in [9.17, 15) is 9.59 Å². The predicted molar refractivity (Wildman–Crippen MR) is 111 cm³/mol. The number of hydrogen-bond donors (Lipinski definition) is 0. The van der Waals surface area contributed by atoms with Crippen LogP contribution in [-0.4, -0.2) is 61.0 Å². The molecule has 2 aromatic rings. The SMILES string of the molecule is Cc1cccc(OCC(=O)N2CCCN(C(=O)COc3ccccc3)CC2)c1C. The number of carbonyl (C=O) groups is 2. The molecule has 0 bridgehead atoms. The average Bonchev–Trinajstić information content (AvgIpc) is 3.00. The van der Waals surface area contributed by atoms with Crippen molar-refractivity contribution in [1.82, 2.24) is 9.80 Å². The molecule has 0 saturated carbocycles. The number of amides is 2. The van der Waals surface area contributed by atoms with Crippen LogP contribution >= 0.6 is 0 Å². The molecule has 29 heavy (non-hydrogen) atoms. The Morgan fingerprint density at radius 1 is 0.793 bits per heavy atom. The summed E-state index contributed by atoms with van der Waals surface area (Å²) in [6.07, 6.45) is 0.742. The second-order valence-electron chi connectivity index (χ2n) is 7.20. The number of ether oxygens (including phenoxy) is 2. The van der Waals surface area contributed by atoms with Gasteiger partial charge in [0.2, 0.25) is 0 Å². The van der Waals surface area contributed by atoms with E-state index in [1.807, 2.05) is 62.4 Å². The van der Waals surface area contributed by atoms with E-state index >= 15 is 0 Å². The zero-order valence-electron chi connectivity index (χ0n) is 17.1. The molecule has 0 spiro atoms. The van der Waals surface area contributed by atoms with Crippen LogP contribution in [0.3, 0.4) is 0 Å². The van der Waals surface area contributed by atoms with Gasteiger partial charge in [0.15, 0.2) is 13.2 Å². The van der Waals surface area contributed by atoms with Gasteiger partial charge < -0.3 is 19.3 Å². The lowest BCUT2D eigenvalue weighted by molar-refractivity contribution is -0.135. The lowest BCUT2D eigenvalue weighted by Crippen LogP contribution is -2.40. The molecule has 1 saturated heterocycles. The molecule has 1 heterocycles. The maximum Gasteiger partial charge on any atom is 0.260 e. The van der Waals surface area contributed by atoms with Crippen LogP contribution < -0.4 is 9.47 Å². The molecule has 3 rings (SSSR count). The summed E-state index contributed by atoms with van der Waals surface area (Å²) in [6, 6.07) is 15.1. The maximum absolute atomic E-state index is 12.6. The molecule has 0 aromatic heterocycles. The number of nitrogens with zero attached hydrogens (tertiary/aromatic N) is 2. The fraction of sp³-hybridized carbons (Fsp3) is 0.391. The molecule has 1 aliphatic heterocycles. The van der Waals surface area contributed by atoms with Crippen LogP contribution in [0.5, 0.6) is 11.5 Å². The molecule has 0 N–H and O–H groups in total. The number of aryl methyl sites for hydroxylation is 1. The van der Waals surface area contributed by atoms with E-state index in [1.165, 1.54) is 0 Å². The van der Waals surface area contributed by atoms with Gasteiger partial charge in [-0.1, -0.05) is 30.3 Å². The maximum atomic E-state index is 12.6. The first-order valence-corrected chi connectivity index (χ1v) is 9.97. The van der Waals surface area contributed by atoms with Crippen molar-refractivity contribution in [3.8, 4) is 11.5 Å². The second-order valence-corrected chi connectivity index (χ2v) is 7.20. The van der Waals surface area contributed by atoms with Crippen molar-refractivity contribution in [3.05, 3.63) is 59.7 Å². The van der Waals surface area contributed by atoms with Gasteiger partial charge in [-0.15, -0.1) is 0 Å². The standard InChI is InChI=1S/C23H28N2O4/c1-18-8-6-11-21(19(18)2)29-17-23(27)25-13-7-12-24(14-15-25)22(26)16-28-20-9-4-3-5-10-20/h3-6,8-11H,7,12-17H2,1-2H3. The number of rotatable bonds is 6. The van der Waals surface area contributed by atoms with Crippen LogP contribution in [0.25, 0.3) is 0 Å².